The van der Waals surface area contributed by atoms with Crippen LogP contribution in [-0.2, 0) is 20.7 Å². The van der Waals surface area contributed by atoms with Gasteiger partial charge in [0.05, 0.1) is 6.42 Å². The Morgan fingerprint density at radius 3 is 2.30 bits per heavy atom. The van der Waals surface area contributed by atoms with E-state index in [0.29, 0.717) is 17.9 Å². The number of aryl methyl sites for hydroxylation is 1. The number of oxazole rings is 1. The van der Waals surface area contributed by atoms with Gasteiger partial charge in [0.2, 0.25) is 0 Å². The van der Waals surface area contributed by atoms with E-state index in [1.807, 2.05) is 42.5 Å². The van der Waals surface area contributed by atoms with Gasteiger partial charge >= 0.3 is 5.97 Å². The van der Waals surface area contributed by atoms with E-state index in [1.54, 1.807) is 0 Å². The summed E-state index contributed by atoms with van der Waals surface area (Å²) < 4.78 is 10.7. The van der Waals surface area contributed by atoms with Crippen LogP contribution in [0.2, 0.25) is 0 Å². The van der Waals surface area contributed by atoms with Crippen molar-refractivity contribution in [3.63, 3.8) is 0 Å². The molecule has 158 valence electrons. The smallest absolute Gasteiger partial charge is 0.306 e. The Hall–Kier alpha value is -3.15. The highest BCUT2D eigenvalue weighted by Crippen LogP contribution is 2.32. The first-order valence-corrected chi connectivity index (χ1v) is 10.3. The third kappa shape index (κ3) is 5.26. The molecule has 0 radical (unpaired) electrons. The highest BCUT2D eigenvalue weighted by atomic mass is 16.5. The lowest BCUT2D eigenvalue weighted by atomic mass is 9.92. The van der Waals surface area contributed by atoms with E-state index in [4.69, 9.17) is 9.15 Å². The number of aromatic nitrogens is 1. The Morgan fingerprint density at radius 1 is 1.00 bits per heavy atom. The largest absolute Gasteiger partial charge is 0.456 e. The summed E-state index contributed by atoms with van der Waals surface area (Å²) in [5, 5.41) is 2.94. The lowest BCUT2D eigenvalue weighted by Gasteiger charge is -2.20. The second-order valence-corrected chi connectivity index (χ2v) is 7.91. The fourth-order valence-corrected chi connectivity index (χ4v) is 3.32. The highest BCUT2D eigenvalue weighted by Gasteiger charge is 2.17. The number of ether oxygens (including phenoxy) is 1. The van der Waals surface area contributed by atoms with Gasteiger partial charge in [-0.2, -0.15) is 0 Å². The summed E-state index contributed by atoms with van der Waals surface area (Å²) >= 11 is 0. The third-order valence-corrected chi connectivity index (χ3v) is 4.88. The monoisotopic (exact) mass is 408 g/mol. The van der Waals surface area contributed by atoms with Crippen LogP contribution in [0.5, 0.6) is 0 Å². The molecule has 2 aromatic carbocycles. The number of hydrogen-bond donors (Lipinski definition) is 1. The van der Waals surface area contributed by atoms with Crippen LogP contribution in [0.4, 0.5) is 5.69 Å². The van der Waals surface area contributed by atoms with Crippen LogP contribution in [0.1, 0.15) is 63.0 Å². The Balaban J connectivity index is 1.55. The second-order valence-electron chi connectivity index (χ2n) is 7.91. The van der Waals surface area contributed by atoms with Gasteiger partial charge < -0.3 is 14.5 Å². The van der Waals surface area contributed by atoms with E-state index in [0.717, 1.165) is 22.3 Å². The third-order valence-electron chi connectivity index (χ3n) is 4.88. The quantitative estimate of drug-likeness (QED) is 0.519. The molecule has 30 heavy (non-hydrogen) atoms. The molecular weight excluding hydrogens is 380 g/mol. The van der Waals surface area contributed by atoms with Gasteiger partial charge in [-0.3, -0.25) is 9.59 Å². The number of carbonyl (C=O) groups is 2. The Morgan fingerprint density at radius 2 is 1.67 bits per heavy atom. The minimum Gasteiger partial charge on any atom is -0.456 e. The lowest BCUT2D eigenvalue weighted by molar-refractivity contribution is -0.147. The number of amides is 1. The number of anilines is 1. The SMILES string of the molecule is CC(C)c1cccc(C(C)C)c1NC(=O)COC(=O)CCc1nc2ccccc2o1. The van der Waals surface area contributed by atoms with E-state index in [-0.39, 0.29) is 30.8 Å². The van der Waals surface area contributed by atoms with Crippen molar-refractivity contribution < 1.29 is 18.7 Å². The van der Waals surface area contributed by atoms with Gasteiger partial charge in [0.25, 0.3) is 5.91 Å². The fourth-order valence-electron chi connectivity index (χ4n) is 3.32. The lowest BCUT2D eigenvalue weighted by Crippen LogP contribution is -2.22. The first kappa shape index (κ1) is 21.6. The maximum absolute atomic E-state index is 12.4. The van der Waals surface area contributed by atoms with Crippen LogP contribution in [0, 0.1) is 0 Å². The van der Waals surface area contributed by atoms with E-state index < -0.39 is 5.97 Å². The molecule has 6 heteroatoms. The molecule has 3 rings (SSSR count). The van der Waals surface area contributed by atoms with Crippen LogP contribution >= 0.6 is 0 Å². The van der Waals surface area contributed by atoms with Crippen LogP contribution in [0.25, 0.3) is 11.1 Å². The zero-order valence-electron chi connectivity index (χ0n) is 17.9. The summed E-state index contributed by atoms with van der Waals surface area (Å²) in [6.45, 7) is 8.02. The van der Waals surface area contributed by atoms with Crippen molar-refractivity contribution in [3.8, 4) is 0 Å². The molecule has 0 saturated heterocycles. The van der Waals surface area contributed by atoms with Crippen molar-refractivity contribution in [3.05, 3.63) is 59.5 Å². The molecule has 0 unspecified atom stereocenters. The van der Waals surface area contributed by atoms with Gasteiger partial charge in [0.1, 0.15) is 5.52 Å². The predicted octanol–water partition coefficient (Wildman–Crippen LogP) is 5.19. The summed E-state index contributed by atoms with van der Waals surface area (Å²) in [4.78, 5) is 28.8. The number of nitrogens with zero attached hydrogens (tertiary/aromatic N) is 1. The van der Waals surface area contributed by atoms with Gasteiger partial charge in [-0.1, -0.05) is 58.0 Å². The predicted molar refractivity (Wildman–Crippen MR) is 117 cm³/mol. The minimum absolute atomic E-state index is 0.0971. The van der Waals surface area contributed by atoms with Crippen LogP contribution in [0.15, 0.2) is 46.9 Å². The van der Waals surface area contributed by atoms with Gasteiger partial charge in [-0.15, -0.1) is 0 Å². The van der Waals surface area contributed by atoms with E-state index >= 15 is 0 Å². The molecule has 0 aliphatic rings. The summed E-state index contributed by atoms with van der Waals surface area (Å²) in [5.41, 5.74) is 4.39. The Labute approximate surface area is 176 Å². The Bertz CT molecular complexity index is 977. The summed E-state index contributed by atoms with van der Waals surface area (Å²) in [6.07, 6.45) is 0.419. The molecule has 0 aliphatic carbocycles. The number of esters is 1. The average molecular weight is 408 g/mol. The zero-order valence-corrected chi connectivity index (χ0v) is 17.9. The van der Waals surface area contributed by atoms with Crippen LogP contribution in [0.3, 0.4) is 0 Å². The van der Waals surface area contributed by atoms with E-state index in [2.05, 4.69) is 38.0 Å². The molecule has 3 aromatic rings. The minimum atomic E-state index is -0.464. The van der Waals surface area contributed by atoms with Crippen molar-refractivity contribution >= 4 is 28.7 Å². The maximum Gasteiger partial charge on any atom is 0.306 e. The van der Waals surface area contributed by atoms with Crippen LogP contribution in [-0.4, -0.2) is 23.5 Å². The molecule has 1 N–H and O–H groups in total. The number of para-hydroxylation sites is 3. The molecule has 0 bridgehead atoms. The average Bonchev–Trinajstić information content (AvgIpc) is 3.13. The molecule has 1 amide bonds. The fraction of sp³-hybridized carbons (Fsp3) is 0.375. The summed E-state index contributed by atoms with van der Waals surface area (Å²) in [5.74, 6) is 0.189. The number of carbonyl (C=O) groups excluding carboxylic acids is 2. The number of nitrogens with one attached hydrogen (secondary N) is 1. The highest BCUT2D eigenvalue weighted by molar-refractivity contribution is 5.94. The normalized spacial score (nSPS) is 11.3. The summed E-state index contributed by atoms with van der Waals surface area (Å²) in [6, 6.07) is 13.5. The van der Waals surface area contributed by atoms with Crippen molar-refractivity contribution in [2.75, 3.05) is 11.9 Å². The number of hydrogen-bond acceptors (Lipinski definition) is 5. The van der Waals surface area contributed by atoms with Gasteiger partial charge in [-0.05, 0) is 35.1 Å². The molecule has 6 nitrogen and oxygen atoms in total. The van der Waals surface area contributed by atoms with Crippen molar-refractivity contribution in [2.45, 2.75) is 52.4 Å². The van der Waals surface area contributed by atoms with E-state index in [9.17, 15) is 9.59 Å². The molecular formula is C24H28N2O4. The zero-order chi connectivity index (χ0) is 21.7. The van der Waals surface area contributed by atoms with E-state index in [1.165, 1.54) is 0 Å². The second kappa shape index (κ2) is 9.57. The maximum atomic E-state index is 12.4. The molecule has 0 fully saturated rings. The molecule has 0 saturated carbocycles. The van der Waals surface area contributed by atoms with Crippen molar-refractivity contribution in [1.82, 2.24) is 4.98 Å². The number of benzene rings is 2. The molecule has 1 aromatic heterocycles. The number of rotatable bonds is 8. The van der Waals surface area contributed by atoms with Gasteiger partial charge in [0, 0.05) is 12.1 Å². The molecule has 0 aliphatic heterocycles. The topological polar surface area (TPSA) is 81.4 Å². The number of fused-ring (bicyclic) bond motifs is 1. The summed E-state index contributed by atoms with van der Waals surface area (Å²) in [7, 11) is 0. The first-order chi connectivity index (χ1) is 14.3. The van der Waals surface area contributed by atoms with Crippen molar-refractivity contribution in [2.24, 2.45) is 0 Å². The van der Waals surface area contributed by atoms with Gasteiger partial charge in [-0.25, -0.2) is 4.98 Å². The molecule has 1 heterocycles. The van der Waals surface area contributed by atoms with Gasteiger partial charge in [0.15, 0.2) is 18.1 Å². The molecule has 0 spiro atoms. The first-order valence-electron chi connectivity index (χ1n) is 10.3. The van der Waals surface area contributed by atoms with Crippen LogP contribution < -0.4 is 5.32 Å². The standard InChI is InChI=1S/C24H28N2O4/c1-15(2)17-8-7-9-18(16(3)4)24(17)26-21(27)14-29-23(28)13-12-22-25-19-10-5-6-11-20(19)30-22/h5-11,15-16H,12-14H2,1-4H3,(H,26,27). The van der Waals surface area contributed by atoms with Crippen molar-refractivity contribution in [1.29, 1.82) is 0 Å². The Kier molecular flexibility index (Phi) is 6.87. The molecule has 0 atom stereocenters.